The summed E-state index contributed by atoms with van der Waals surface area (Å²) in [6.07, 6.45) is 5.85. The second-order valence-corrected chi connectivity index (χ2v) is 7.27. The summed E-state index contributed by atoms with van der Waals surface area (Å²) in [5.41, 5.74) is 1.23. The molecule has 0 nitrogen and oxygen atoms in total. The highest BCUT2D eigenvalue weighted by Gasteiger charge is 2.54. The van der Waals surface area contributed by atoms with E-state index in [2.05, 4.69) is 34.6 Å². The molecule has 0 N–H and O–H groups in total. The molecule has 0 spiro atoms. The molecule has 0 radical (unpaired) electrons. The van der Waals surface area contributed by atoms with Gasteiger partial charge in [-0.1, -0.05) is 41.0 Å². The Morgan fingerprint density at radius 1 is 0.929 bits per heavy atom. The summed E-state index contributed by atoms with van der Waals surface area (Å²) in [6, 6.07) is 0. The Hall–Kier alpha value is 0. The van der Waals surface area contributed by atoms with Crippen molar-refractivity contribution in [3.05, 3.63) is 0 Å². The molecule has 0 amide bonds. The Bertz CT molecular complexity index is 224. The second kappa shape index (κ2) is 3.00. The first-order valence-corrected chi connectivity index (χ1v) is 6.33. The number of hydrogen-bond acceptors (Lipinski definition) is 0. The Balaban J connectivity index is 2.15. The van der Waals surface area contributed by atoms with Gasteiger partial charge in [0.1, 0.15) is 0 Å². The minimum absolute atomic E-state index is 0.613. The molecule has 0 bridgehead atoms. The van der Waals surface area contributed by atoms with Crippen LogP contribution in [0.4, 0.5) is 0 Å². The number of rotatable bonds is 0. The highest BCUT2D eigenvalue weighted by atomic mass is 14.6. The van der Waals surface area contributed by atoms with Crippen LogP contribution >= 0.6 is 0 Å². The molecule has 14 heavy (non-hydrogen) atoms. The average Bonchev–Trinajstić information content (AvgIpc) is 2.77. The molecule has 3 atom stereocenters. The quantitative estimate of drug-likeness (QED) is 0.533. The molecule has 0 aliphatic heterocycles. The smallest absolute Gasteiger partial charge is 0.0320 e. The maximum Gasteiger partial charge on any atom is -0.0320 e. The van der Waals surface area contributed by atoms with Gasteiger partial charge < -0.3 is 0 Å². The van der Waals surface area contributed by atoms with Crippen molar-refractivity contribution in [3.63, 3.8) is 0 Å². The Labute approximate surface area is 89.5 Å². The second-order valence-electron chi connectivity index (χ2n) is 7.27. The van der Waals surface area contributed by atoms with E-state index >= 15 is 0 Å². The summed E-state index contributed by atoms with van der Waals surface area (Å²) < 4.78 is 0. The molecular formula is C14H26. The van der Waals surface area contributed by atoms with Crippen molar-refractivity contribution >= 4 is 0 Å². The van der Waals surface area contributed by atoms with Gasteiger partial charge in [0.2, 0.25) is 0 Å². The molecule has 2 aliphatic rings. The SMILES string of the molecule is CC1CCC(C)(C)C2CC2C(C)(C)C1. The van der Waals surface area contributed by atoms with E-state index in [9.17, 15) is 0 Å². The lowest BCUT2D eigenvalue weighted by Gasteiger charge is -2.36. The van der Waals surface area contributed by atoms with Gasteiger partial charge in [-0.15, -0.1) is 0 Å². The Morgan fingerprint density at radius 3 is 2.14 bits per heavy atom. The zero-order valence-electron chi connectivity index (χ0n) is 10.6. The zero-order chi connectivity index (χ0) is 10.6. The molecule has 2 aliphatic carbocycles. The van der Waals surface area contributed by atoms with Crippen LogP contribution in [0.25, 0.3) is 0 Å². The van der Waals surface area contributed by atoms with E-state index < -0.39 is 0 Å². The summed E-state index contributed by atoms with van der Waals surface area (Å²) in [4.78, 5) is 0. The molecule has 0 heteroatoms. The fourth-order valence-electron chi connectivity index (χ4n) is 3.88. The zero-order valence-corrected chi connectivity index (χ0v) is 10.6. The predicted molar refractivity (Wildman–Crippen MR) is 62.2 cm³/mol. The van der Waals surface area contributed by atoms with Crippen LogP contribution in [0, 0.1) is 28.6 Å². The minimum atomic E-state index is 0.613. The van der Waals surface area contributed by atoms with Crippen LogP contribution in [-0.4, -0.2) is 0 Å². The molecule has 0 aromatic carbocycles. The standard InChI is InChI=1S/C14H26/c1-10-6-7-13(2,3)11-8-12(11)14(4,5)9-10/h10-12H,6-9H2,1-5H3. The highest BCUT2D eigenvalue weighted by Crippen LogP contribution is 2.63. The van der Waals surface area contributed by atoms with Gasteiger partial charge in [-0.05, 0) is 47.8 Å². The van der Waals surface area contributed by atoms with E-state index in [-0.39, 0.29) is 0 Å². The molecule has 0 aromatic heterocycles. The van der Waals surface area contributed by atoms with Gasteiger partial charge in [0.05, 0.1) is 0 Å². The van der Waals surface area contributed by atoms with Crippen LogP contribution in [-0.2, 0) is 0 Å². The maximum absolute atomic E-state index is 2.50. The van der Waals surface area contributed by atoms with Gasteiger partial charge in [-0.25, -0.2) is 0 Å². The monoisotopic (exact) mass is 194 g/mol. The predicted octanol–water partition coefficient (Wildman–Crippen LogP) is 4.49. The third-order valence-corrected chi connectivity index (χ3v) is 4.95. The van der Waals surface area contributed by atoms with Crippen LogP contribution < -0.4 is 0 Å². The summed E-state index contributed by atoms with van der Waals surface area (Å²) in [5.74, 6) is 3.00. The largest absolute Gasteiger partial charge is 0.0625 e. The molecule has 82 valence electrons. The van der Waals surface area contributed by atoms with Crippen molar-refractivity contribution in [2.45, 2.75) is 60.3 Å². The molecule has 0 saturated heterocycles. The van der Waals surface area contributed by atoms with E-state index in [4.69, 9.17) is 0 Å². The first-order chi connectivity index (χ1) is 6.33. The topological polar surface area (TPSA) is 0 Å². The van der Waals surface area contributed by atoms with Crippen LogP contribution in [0.3, 0.4) is 0 Å². The highest BCUT2D eigenvalue weighted by molar-refractivity contribution is 5.04. The first-order valence-electron chi connectivity index (χ1n) is 6.33. The summed E-state index contributed by atoms with van der Waals surface area (Å²) in [7, 11) is 0. The summed E-state index contributed by atoms with van der Waals surface area (Å²) >= 11 is 0. The van der Waals surface area contributed by atoms with Gasteiger partial charge >= 0.3 is 0 Å². The van der Waals surface area contributed by atoms with Crippen LogP contribution in [0.2, 0.25) is 0 Å². The van der Waals surface area contributed by atoms with Crippen molar-refractivity contribution in [2.75, 3.05) is 0 Å². The molecule has 2 saturated carbocycles. The molecule has 0 heterocycles. The lowest BCUT2D eigenvalue weighted by Crippen LogP contribution is -2.27. The van der Waals surface area contributed by atoms with E-state index in [1.54, 1.807) is 0 Å². The fraction of sp³-hybridized carbons (Fsp3) is 1.00. The molecular weight excluding hydrogens is 168 g/mol. The van der Waals surface area contributed by atoms with E-state index in [0.29, 0.717) is 10.8 Å². The molecule has 2 fully saturated rings. The fourth-order valence-corrected chi connectivity index (χ4v) is 3.88. The van der Waals surface area contributed by atoms with Gasteiger partial charge in [-0.3, -0.25) is 0 Å². The van der Waals surface area contributed by atoms with Crippen LogP contribution in [0.15, 0.2) is 0 Å². The first kappa shape index (κ1) is 10.5. The third-order valence-electron chi connectivity index (χ3n) is 4.95. The van der Waals surface area contributed by atoms with Gasteiger partial charge in [0.15, 0.2) is 0 Å². The molecule has 2 rings (SSSR count). The van der Waals surface area contributed by atoms with E-state index in [0.717, 1.165) is 17.8 Å². The molecule has 0 aromatic rings. The summed E-state index contributed by atoms with van der Waals surface area (Å²) in [6.45, 7) is 12.4. The maximum atomic E-state index is 2.50. The van der Waals surface area contributed by atoms with Crippen LogP contribution in [0.1, 0.15) is 60.3 Å². The lowest BCUT2D eigenvalue weighted by molar-refractivity contribution is 0.135. The van der Waals surface area contributed by atoms with Crippen molar-refractivity contribution in [1.29, 1.82) is 0 Å². The van der Waals surface area contributed by atoms with Crippen LogP contribution in [0.5, 0.6) is 0 Å². The van der Waals surface area contributed by atoms with Crippen molar-refractivity contribution in [2.24, 2.45) is 28.6 Å². The number of fused-ring (bicyclic) bond motifs is 1. The van der Waals surface area contributed by atoms with Crippen molar-refractivity contribution < 1.29 is 0 Å². The van der Waals surface area contributed by atoms with Crippen molar-refractivity contribution in [1.82, 2.24) is 0 Å². The van der Waals surface area contributed by atoms with E-state index in [1.807, 2.05) is 0 Å². The average molecular weight is 194 g/mol. The van der Waals surface area contributed by atoms with Crippen molar-refractivity contribution in [3.8, 4) is 0 Å². The van der Waals surface area contributed by atoms with E-state index in [1.165, 1.54) is 25.7 Å². The van der Waals surface area contributed by atoms with Gasteiger partial charge in [0.25, 0.3) is 0 Å². The lowest BCUT2D eigenvalue weighted by atomic mass is 9.69. The number of hydrogen-bond donors (Lipinski definition) is 0. The van der Waals surface area contributed by atoms with Gasteiger partial charge in [-0.2, -0.15) is 0 Å². The van der Waals surface area contributed by atoms with Gasteiger partial charge in [0, 0.05) is 0 Å². The Kier molecular flexibility index (Phi) is 2.25. The normalized spacial score (nSPS) is 44.8. The minimum Gasteiger partial charge on any atom is -0.0625 e. The molecule has 3 unspecified atom stereocenters. The Morgan fingerprint density at radius 2 is 1.50 bits per heavy atom. The third kappa shape index (κ3) is 1.73. The summed E-state index contributed by atoms with van der Waals surface area (Å²) in [5, 5.41) is 0.